The van der Waals surface area contributed by atoms with Gasteiger partial charge in [0.25, 0.3) is 0 Å². The molecule has 0 spiro atoms. The third kappa shape index (κ3) is 4.55. The van der Waals surface area contributed by atoms with Crippen molar-refractivity contribution in [3.05, 3.63) is 29.8 Å². The molecule has 0 aliphatic carbocycles. The molecule has 0 aliphatic heterocycles. The van der Waals surface area contributed by atoms with Gasteiger partial charge in [0.2, 0.25) is 0 Å². The van der Waals surface area contributed by atoms with Crippen molar-refractivity contribution in [2.45, 2.75) is 13.3 Å². The van der Waals surface area contributed by atoms with Crippen molar-refractivity contribution in [1.82, 2.24) is 5.32 Å². The topological polar surface area (TPSA) is 84.2 Å². The van der Waals surface area contributed by atoms with Gasteiger partial charge in [-0.15, -0.1) is 0 Å². The van der Waals surface area contributed by atoms with Crippen LogP contribution >= 0.6 is 0 Å². The van der Waals surface area contributed by atoms with Gasteiger partial charge in [-0.1, -0.05) is 6.92 Å². The van der Waals surface area contributed by atoms with Crippen LogP contribution in [0.1, 0.15) is 23.7 Å². The van der Waals surface area contributed by atoms with Crippen LogP contribution in [-0.2, 0) is 0 Å². The molecule has 0 radical (unpaired) electrons. The van der Waals surface area contributed by atoms with Gasteiger partial charge in [0.1, 0.15) is 0 Å². The van der Waals surface area contributed by atoms with Crippen LogP contribution in [0.15, 0.2) is 24.3 Å². The summed E-state index contributed by atoms with van der Waals surface area (Å²) in [5, 5.41) is 5.58. The molecule has 1 aromatic carbocycles. The molecule has 0 saturated heterocycles. The summed E-state index contributed by atoms with van der Waals surface area (Å²) >= 11 is 0. The molecule has 0 heterocycles. The Bertz CT molecular complexity index is 387. The van der Waals surface area contributed by atoms with Gasteiger partial charge in [0.05, 0.1) is 0 Å². The fraction of sp³-hybridized carbons (Fsp3) is 0.333. The highest BCUT2D eigenvalue weighted by atomic mass is 16.2. The Hall–Kier alpha value is -2.04. The Morgan fingerprint density at radius 3 is 2.35 bits per heavy atom. The summed E-state index contributed by atoms with van der Waals surface area (Å²) in [6.45, 7) is 2.89. The number of Topliss-reactive ketones (excluding diaryl/α,β-unsaturated/α-hetero) is 1. The maximum absolute atomic E-state index is 11.4. The summed E-state index contributed by atoms with van der Waals surface area (Å²) in [4.78, 5) is 21.8. The van der Waals surface area contributed by atoms with Gasteiger partial charge in [0.15, 0.2) is 5.78 Å². The lowest BCUT2D eigenvalue weighted by atomic mass is 10.1. The average Bonchev–Trinajstić information content (AvgIpc) is 2.34. The molecule has 1 aromatic rings. The molecule has 0 aliphatic rings. The number of hydrogen-bond acceptors (Lipinski definition) is 3. The number of amides is 2. The summed E-state index contributed by atoms with van der Waals surface area (Å²) in [6, 6.07) is 6.72. The highest BCUT2D eigenvalue weighted by Crippen LogP contribution is 2.10. The van der Waals surface area contributed by atoms with Crippen molar-refractivity contribution >= 4 is 17.5 Å². The number of anilines is 1. The Kier molecular flexibility index (Phi) is 5.00. The van der Waals surface area contributed by atoms with Crippen molar-refractivity contribution in [2.24, 2.45) is 5.73 Å². The van der Waals surface area contributed by atoms with Crippen molar-refractivity contribution in [1.29, 1.82) is 0 Å². The largest absolute Gasteiger partial charge is 0.383 e. The lowest BCUT2D eigenvalue weighted by Crippen LogP contribution is -2.33. The maximum Gasteiger partial charge on any atom is 0.312 e. The van der Waals surface area contributed by atoms with Crippen LogP contribution in [-0.4, -0.2) is 24.9 Å². The molecule has 5 heteroatoms. The van der Waals surface area contributed by atoms with Gasteiger partial charge in [0, 0.05) is 30.8 Å². The number of rotatable bonds is 6. The molecular weight excluding hydrogens is 218 g/mol. The minimum absolute atomic E-state index is 0.131. The number of urea groups is 1. The molecule has 4 N–H and O–H groups in total. The molecule has 0 atom stereocenters. The SMILES string of the molecule is CCC(=O)c1ccc(NCCNC(N)=O)cc1. The Labute approximate surface area is 100 Å². The lowest BCUT2D eigenvalue weighted by Gasteiger charge is -2.07. The molecule has 2 amide bonds. The molecule has 0 saturated carbocycles. The van der Waals surface area contributed by atoms with E-state index >= 15 is 0 Å². The molecule has 92 valence electrons. The van der Waals surface area contributed by atoms with Crippen LogP contribution in [0.5, 0.6) is 0 Å². The van der Waals surface area contributed by atoms with Crippen LogP contribution in [0.25, 0.3) is 0 Å². The number of carbonyl (C=O) groups excluding carboxylic acids is 2. The molecular formula is C12H17N3O2. The van der Waals surface area contributed by atoms with E-state index in [1.165, 1.54) is 0 Å². The first-order chi connectivity index (χ1) is 8.13. The summed E-state index contributed by atoms with van der Waals surface area (Å²) in [5.74, 6) is 0.131. The monoisotopic (exact) mass is 235 g/mol. The smallest absolute Gasteiger partial charge is 0.312 e. The first-order valence-electron chi connectivity index (χ1n) is 5.54. The molecule has 0 unspecified atom stereocenters. The minimum Gasteiger partial charge on any atom is -0.383 e. The van der Waals surface area contributed by atoms with Gasteiger partial charge in [-0.3, -0.25) is 4.79 Å². The van der Waals surface area contributed by atoms with Crippen LogP contribution < -0.4 is 16.4 Å². The predicted molar refractivity (Wildman–Crippen MR) is 67.1 cm³/mol. The zero-order chi connectivity index (χ0) is 12.7. The maximum atomic E-state index is 11.4. The van der Waals surface area contributed by atoms with E-state index < -0.39 is 6.03 Å². The number of primary amides is 1. The highest BCUT2D eigenvalue weighted by Gasteiger charge is 2.01. The summed E-state index contributed by atoms with van der Waals surface area (Å²) in [7, 11) is 0. The summed E-state index contributed by atoms with van der Waals surface area (Å²) in [6.07, 6.45) is 0.509. The normalized spacial score (nSPS) is 9.71. The lowest BCUT2D eigenvalue weighted by molar-refractivity contribution is 0.0988. The summed E-state index contributed by atoms with van der Waals surface area (Å²) < 4.78 is 0. The summed E-state index contributed by atoms with van der Waals surface area (Å²) in [5.41, 5.74) is 6.55. The number of nitrogens with one attached hydrogen (secondary N) is 2. The van der Waals surface area contributed by atoms with Crippen LogP contribution in [0.2, 0.25) is 0 Å². The van der Waals surface area contributed by atoms with E-state index in [0.29, 0.717) is 25.1 Å². The second-order valence-corrected chi connectivity index (χ2v) is 3.57. The van der Waals surface area contributed by atoms with Gasteiger partial charge in [-0.2, -0.15) is 0 Å². The van der Waals surface area contributed by atoms with Crippen LogP contribution in [0, 0.1) is 0 Å². The minimum atomic E-state index is -0.532. The van der Waals surface area contributed by atoms with E-state index in [2.05, 4.69) is 10.6 Å². The molecule has 1 rings (SSSR count). The zero-order valence-corrected chi connectivity index (χ0v) is 9.82. The van der Waals surface area contributed by atoms with Crippen LogP contribution in [0.3, 0.4) is 0 Å². The van der Waals surface area contributed by atoms with E-state index in [1.807, 2.05) is 19.1 Å². The van der Waals surface area contributed by atoms with Crippen LogP contribution in [0.4, 0.5) is 10.5 Å². The number of benzene rings is 1. The number of nitrogens with two attached hydrogens (primary N) is 1. The highest BCUT2D eigenvalue weighted by molar-refractivity contribution is 5.96. The second kappa shape index (κ2) is 6.52. The third-order valence-electron chi connectivity index (χ3n) is 2.28. The van der Waals surface area contributed by atoms with Crippen molar-refractivity contribution in [3.8, 4) is 0 Å². The fourth-order valence-corrected chi connectivity index (χ4v) is 1.37. The Balaban J connectivity index is 2.40. The molecule has 0 fully saturated rings. The molecule has 0 aromatic heterocycles. The number of hydrogen-bond donors (Lipinski definition) is 3. The standard InChI is InChI=1S/C12H17N3O2/c1-2-11(16)9-3-5-10(6-4-9)14-7-8-15-12(13)17/h3-6,14H,2,7-8H2,1H3,(H3,13,15,17). The van der Waals surface area contributed by atoms with Crippen molar-refractivity contribution < 1.29 is 9.59 Å². The third-order valence-corrected chi connectivity index (χ3v) is 2.28. The quantitative estimate of drug-likeness (QED) is 0.514. The average molecular weight is 235 g/mol. The van der Waals surface area contributed by atoms with Gasteiger partial charge in [-0.25, -0.2) is 4.79 Å². The fourth-order valence-electron chi connectivity index (χ4n) is 1.37. The van der Waals surface area contributed by atoms with E-state index in [0.717, 1.165) is 5.69 Å². The Morgan fingerprint density at radius 2 is 1.82 bits per heavy atom. The van der Waals surface area contributed by atoms with Crippen molar-refractivity contribution in [2.75, 3.05) is 18.4 Å². The first-order valence-corrected chi connectivity index (χ1v) is 5.54. The molecule has 5 nitrogen and oxygen atoms in total. The predicted octanol–water partition coefficient (Wildman–Crippen LogP) is 1.36. The second-order valence-electron chi connectivity index (χ2n) is 3.57. The van der Waals surface area contributed by atoms with Gasteiger partial charge < -0.3 is 16.4 Å². The van der Waals surface area contributed by atoms with Gasteiger partial charge >= 0.3 is 6.03 Å². The van der Waals surface area contributed by atoms with E-state index in [4.69, 9.17) is 5.73 Å². The van der Waals surface area contributed by atoms with Crippen molar-refractivity contribution in [3.63, 3.8) is 0 Å². The Morgan fingerprint density at radius 1 is 1.18 bits per heavy atom. The molecule has 0 bridgehead atoms. The van der Waals surface area contributed by atoms with E-state index in [9.17, 15) is 9.59 Å². The van der Waals surface area contributed by atoms with E-state index in [-0.39, 0.29) is 5.78 Å². The number of ketones is 1. The first kappa shape index (κ1) is 13.0. The van der Waals surface area contributed by atoms with E-state index in [1.54, 1.807) is 12.1 Å². The zero-order valence-electron chi connectivity index (χ0n) is 9.82. The molecule has 17 heavy (non-hydrogen) atoms. The van der Waals surface area contributed by atoms with Gasteiger partial charge in [-0.05, 0) is 24.3 Å². The number of carbonyl (C=O) groups is 2.